The number of fused-ring (bicyclic) bond motifs is 1. The Morgan fingerprint density at radius 3 is 2.95 bits per heavy atom. The molecule has 1 heterocycles. The highest BCUT2D eigenvalue weighted by molar-refractivity contribution is 6.31. The fraction of sp³-hybridized carbons (Fsp3) is 0.467. The Bertz CT molecular complexity index is 625. The molecule has 0 aliphatic carbocycles. The zero-order valence-corrected chi connectivity index (χ0v) is 12.8. The Kier molecular flexibility index (Phi) is 5.59. The monoisotopic (exact) mass is 310 g/mol. The smallest absolute Gasteiger partial charge is 0.303 e. The van der Waals surface area contributed by atoms with E-state index in [1.807, 2.05) is 18.2 Å². The summed E-state index contributed by atoms with van der Waals surface area (Å²) in [4.78, 5) is 15.2. The zero-order valence-electron chi connectivity index (χ0n) is 12.0. The third kappa shape index (κ3) is 4.19. The van der Waals surface area contributed by atoms with Crippen molar-refractivity contribution in [2.45, 2.75) is 32.2 Å². The van der Waals surface area contributed by atoms with Crippen LogP contribution in [-0.4, -0.2) is 34.3 Å². The quantitative estimate of drug-likeness (QED) is 0.761. The van der Waals surface area contributed by atoms with Gasteiger partial charge in [0.25, 0.3) is 0 Å². The average molecular weight is 311 g/mol. The van der Waals surface area contributed by atoms with E-state index < -0.39 is 5.97 Å². The number of aliphatic carboxylic acids is 1. The van der Waals surface area contributed by atoms with Crippen LogP contribution in [0.2, 0.25) is 5.02 Å². The summed E-state index contributed by atoms with van der Waals surface area (Å²) in [5.74, 6) is 0.198. The van der Waals surface area contributed by atoms with Crippen molar-refractivity contribution in [2.75, 3.05) is 13.7 Å². The van der Waals surface area contributed by atoms with Gasteiger partial charge in [-0.3, -0.25) is 4.79 Å². The van der Waals surface area contributed by atoms with Gasteiger partial charge in [0.15, 0.2) is 0 Å². The standard InChI is InChI=1S/C15H19ClN2O3/c1-21-9-8-18-13-7-6-11(16)10-12(13)17-14(18)4-2-3-5-15(19)20/h6-7,10H,2-5,8-9H2,1H3,(H,19,20). The number of methoxy groups -OCH3 is 1. The van der Waals surface area contributed by atoms with Crippen molar-refractivity contribution in [2.24, 2.45) is 0 Å². The molecule has 0 amide bonds. The number of ether oxygens (including phenoxy) is 1. The van der Waals surface area contributed by atoms with E-state index in [0.717, 1.165) is 36.2 Å². The first-order valence-corrected chi connectivity index (χ1v) is 7.35. The van der Waals surface area contributed by atoms with Gasteiger partial charge in [0.05, 0.1) is 17.6 Å². The van der Waals surface area contributed by atoms with Crippen LogP contribution >= 0.6 is 11.6 Å². The lowest BCUT2D eigenvalue weighted by atomic mass is 10.2. The molecule has 114 valence electrons. The molecule has 0 saturated heterocycles. The molecule has 6 heteroatoms. The lowest BCUT2D eigenvalue weighted by molar-refractivity contribution is -0.137. The number of carboxylic acid groups (broad SMARTS) is 1. The highest BCUT2D eigenvalue weighted by Gasteiger charge is 2.11. The summed E-state index contributed by atoms with van der Waals surface area (Å²) < 4.78 is 7.27. The van der Waals surface area contributed by atoms with Crippen LogP contribution in [0.1, 0.15) is 25.1 Å². The van der Waals surface area contributed by atoms with Gasteiger partial charge in [0.1, 0.15) is 5.82 Å². The van der Waals surface area contributed by atoms with Crippen LogP contribution in [0.3, 0.4) is 0 Å². The van der Waals surface area contributed by atoms with Crippen LogP contribution in [0.4, 0.5) is 0 Å². The Morgan fingerprint density at radius 2 is 2.24 bits per heavy atom. The summed E-state index contributed by atoms with van der Waals surface area (Å²) in [6, 6.07) is 5.66. The van der Waals surface area contributed by atoms with Gasteiger partial charge in [-0.05, 0) is 31.0 Å². The first-order chi connectivity index (χ1) is 10.1. The number of unbranched alkanes of at least 4 members (excludes halogenated alkanes) is 1. The minimum Gasteiger partial charge on any atom is -0.481 e. The summed E-state index contributed by atoms with van der Waals surface area (Å²) in [5, 5.41) is 9.34. The van der Waals surface area contributed by atoms with Crippen molar-refractivity contribution in [3.05, 3.63) is 29.0 Å². The number of hydrogen-bond donors (Lipinski definition) is 1. The summed E-state index contributed by atoms with van der Waals surface area (Å²) >= 11 is 6.01. The lowest BCUT2D eigenvalue weighted by Crippen LogP contribution is -2.08. The molecule has 2 rings (SSSR count). The first kappa shape index (κ1) is 15.8. The van der Waals surface area contributed by atoms with E-state index in [0.29, 0.717) is 18.1 Å². The van der Waals surface area contributed by atoms with E-state index in [-0.39, 0.29) is 6.42 Å². The number of rotatable bonds is 8. The highest BCUT2D eigenvalue weighted by atomic mass is 35.5. The normalized spacial score (nSPS) is 11.1. The van der Waals surface area contributed by atoms with E-state index >= 15 is 0 Å². The number of aromatic nitrogens is 2. The molecule has 1 N–H and O–H groups in total. The van der Waals surface area contributed by atoms with Crippen LogP contribution in [0.15, 0.2) is 18.2 Å². The van der Waals surface area contributed by atoms with E-state index in [1.165, 1.54) is 0 Å². The molecule has 2 aromatic rings. The summed E-state index contributed by atoms with van der Waals surface area (Å²) in [5.41, 5.74) is 1.90. The molecule has 1 aromatic carbocycles. The number of halogens is 1. The maximum absolute atomic E-state index is 10.5. The maximum Gasteiger partial charge on any atom is 0.303 e. The lowest BCUT2D eigenvalue weighted by Gasteiger charge is -2.08. The van der Waals surface area contributed by atoms with Crippen molar-refractivity contribution in [3.8, 4) is 0 Å². The zero-order chi connectivity index (χ0) is 15.2. The van der Waals surface area contributed by atoms with Crippen LogP contribution < -0.4 is 0 Å². The van der Waals surface area contributed by atoms with Crippen LogP contribution in [0.5, 0.6) is 0 Å². The highest BCUT2D eigenvalue weighted by Crippen LogP contribution is 2.21. The molecule has 5 nitrogen and oxygen atoms in total. The number of nitrogens with zero attached hydrogens (tertiary/aromatic N) is 2. The number of hydrogen-bond acceptors (Lipinski definition) is 3. The van der Waals surface area contributed by atoms with Crippen LogP contribution in [0, 0.1) is 0 Å². The third-order valence-electron chi connectivity index (χ3n) is 3.35. The van der Waals surface area contributed by atoms with Gasteiger partial charge in [0, 0.05) is 31.5 Å². The molecule has 21 heavy (non-hydrogen) atoms. The number of carbonyl (C=O) groups is 1. The molecule has 0 fully saturated rings. The third-order valence-corrected chi connectivity index (χ3v) is 3.58. The van der Waals surface area contributed by atoms with Gasteiger partial charge >= 0.3 is 5.97 Å². The van der Waals surface area contributed by atoms with Crippen LogP contribution in [-0.2, 0) is 22.5 Å². The molecule has 0 aliphatic rings. The average Bonchev–Trinajstić information content (AvgIpc) is 2.77. The molecule has 0 saturated carbocycles. The van der Waals surface area contributed by atoms with Gasteiger partial charge in [-0.1, -0.05) is 11.6 Å². The molecular formula is C15H19ClN2O3. The van der Waals surface area contributed by atoms with Crippen molar-refractivity contribution < 1.29 is 14.6 Å². The molecule has 1 aromatic heterocycles. The van der Waals surface area contributed by atoms with Gasteiger partial charge in [0.2, 0.25) is 0 Å². The van der Waals surface area contributed by atoms with Crippen molar-refractivity contribution in [1.82, 2.24) is 9.55 Å². The number of benzene rings is 1. The van der Waals surface area contributed by atoms with Crippen molar-refractivity contribution >= 4 is 28.6 Å². The molecule has 0 aliphatic heterocycles. The van der Waals surface area contributed by atoms with Gasteiger partial charge in [-0.15, -0.1) is 0 Å². The summed E-state index contributed by atoms with van der Waals surface area (Å²) in [7, 11) is 1.67. The SMILES string of the molecule is COCCn1c(CCCCC(=O)O)nc2cc(Cl)ccc21. The van der Waals surface area contributed by atoms with E-state index in [4.69, 9.17) is 21.4 Å². The van der Waals surface area contributed by atoms with Gasteiger partial charge < -0.3 is 14.4 Å². The molecule has 0 radical (unpaired) electrons. The van der Waals surface area contributed by atoms with E-state index in [9.17, 15) is 4.79 Å². The Morgan fingerprint density at radius 1 is 1.43 bits per heavy atom. The van der Waals surface area contributed by atoms with Gasteiger partial charge in [-0.25, -0.2) is 4.98 Å². The Hall–Kier alpha value is -1.59. The fourth-order valence-electron chi connectivity index (χ4n) is 2.34. The first-order valence-electron chi connectivity index (χ1n) is 6.97. The largest absolute Gasteiger partial charge is 0.481 e. The molecule has 0 spiro atoms. The Balaban J connectivity index is 2.17. The predicted octanol–water partition coefficient (Wildman–Crippen LogP) is 3.13. The fourth-order valence-corrected chi connectivity index (χ4v) is 2.50. The Labute approximate surface area is 128 Å². The molecule has 0 atom stereocenters. The summed E-state index contributed by atoms with van der Waals surface area (Å²) in [6.45, 7) is 1.33. The minimum atomic E-state index is -0.755. The van der Waals surface area contributed by atoms with Crippen molar-refractivity contribution in [1.29, 1.82) is 0 Å². The number of aryl methyl sites for hydroxylation is 1. The van der Waals surface area contributed by atoms with Crippen molar-refractivity contribution in [3.63, 3.8) is 0 Å². The van der Waals surface area contributed by atoms with E-state index in [2.05, 4.69) is 9.55 Å². The number of carboxylic acids is 1. The second-order valence-electron chi connectivity index (χ2n) is 4.91. The van der Waals surface area contributed by atoms with Gasteiger partial charge in [-0.2, -0.15) is 0 Å². The molecular weight excluding hydrogens is 292 g/mol. The predicted molar refractivity (Wildman–Crippen MR) is 81.8 cm³/mol. The minimum absolute atomic E-state index is 0.199. The number of imidazole rings is 1. The molecule has 0 bridgehead atoms. The second-order valence-corrected chi connectivity index (χ2v) is 5.34. The van der Waals surface area contributed by atoms with E-state index in [1.54, 1.807) is 7.11 Å². The maximum atomic E-state index is 10.5. The second kappa shape index (κ2) is 7.43. The topological polar surface area (TPSA) is 64.3 Å². The van der Waals surface area contributed by atoms with Crippen LogP contribution in [0.25, 0.3) is 11.0 Å². The molecule has 0 unspecified atom stereocenters. The summed E-state index contributed by atoms with van der Waals surface area (Å²) in [6.07, 6.45) is 2.41.